The van der Waals surface area contributed by atoms with Gasteiger partial charge in [0.25, 0.3) is 0 Å². The zero-order valence-corrected chi connectivity index (χ0v) is 6.78. The van der Waals surface area contributed by atoms with Crippen LogP contribution in [0.4, 0.5) is 0 Å². The fourth-order valence-corrected chi connectivity index (χ4v) is 0.894. The Labute approximate surface area is 70.6 Å². The average molecular weight is 166 g/mol. The molecule has 0 spiro atoms. The van der Waals surface area contributed by atoms with Crippen molar-refractivity contribution >= 4 is 5.78 Å². The van der Waals surface area contributed by atoms with E-state index in [9.17, 15) is 4.79 Å². The van der Waals surface area contributed by atoms with Gasteiger partial charge in [-0.15, -0.1) is 0 Å². The standard InChI is InChI=1S/C9H10O3/c1-12-6-9(11)7-3-2-4-8(10)5-7/h2-5,10H,6H2,1H3. The lowest BCUT2D eigenvalue weighted by Gasteiger charge is -1.99. The molecular weight excluding hydrogens is 156 g/mol. The predicted octanol–water partition coefficient (Wildman–Crippen LogP) is 1.22. The highest BCUT2D eigenvalue weighted by atomic mass is 16.5. The number of carbonyl (C=O) groups excluding carboxylic acids is 1. The number of aromatic hydroxyl groups is 1. The van der Waals surface area contributed by atoms with Gasteiger partial charge in [0.1, 0.15) is 12.4 Å². The van der Waals surface area contributed by atoms with Crippen LogP contribution in [0.15, 0.2) is 24.3 Å². The van der Waals surface area contributed by atoms with Crippen molar-refractivity contribution in [3.05, 3.63) is 29.8 Å². The van der Waals surface area contributed by atoms with Gasteiger partial charge in [-0.25, -0.2) is 0 Å². The van der Waals surface area contributed by atoms with Gasteiger partial charge in [0, 0.05) is 12.7 Å². The topological polar surface area (TPSA) is 46.5 Å². The van der Waals surface area contributed by atoms with Crippen molar-refractivity contribution in [2.45, 2.75) is 0 Å². The van der Waals surface area contributed by atoms with E-state index in [0.717, 1.165) is 0 Å². The number of ketones is 1. The van der Waals surface area contributed by atoms with E-state index in [-0.39, 0.29) is 18.1 Å². The Hall–Kier alpha value is -1.35. The molecule has 3 nitrogen and oxygen atoms in total. The summed E-state index contributed by atoms with van der Waals surface area (Å²) in [4.78, 5) is 11.2. The summed E-state index contributed by atoms with van der Waals surface area (Å²) < 4.78 is 4.67. The quantitative estimate of drug-likeness (QED) is 0.687. The number of carbonyl (C=O) groups is 1. The van der Waals surface area contributed by atoms with Crippen molar-refractivity contribution in [3.63, 3.8) is 0 Å². The van der Waals surface area contributed by atoms with E-state index in [0.29, 0.717) is 5.56 Å². The first-order valence-corrected chi connectivity index (χ1v) is 3.55. The van der Waals surface area contributed by atoms with Crippen molar-refractivity contribution in [1.82, 2.24) is 0 Å². The summed E-state index contributed by atoms with van der Waals surface area (Å²) in [6, 6.07) is 6.20. The highest BCUT2D eigenvalue weighted by Gasteiger charge is 2.04. The van der Waals surface area contributed by atoms with Crippen molar-refractivity contribution < 1.29 is 14.6 Å². The van der Waals surface area contributed by atoms with Gasteiger partial charge < -0.3 is 9.84 Å². The Morgan fingerprint density at radius 2 is 2.33 bits per heavy atom. The highest BCUT2D eigenvalue weighted by molar-refractivity contribution is 5.97. The minimum Gasteiger partial charge on any atom is -0.508 e. The molecule has 0 bridgehead atoms. The Kier molecular flexibility index (Phi) is 2.82. The second-order valence-corrected chi connectivity index (χ2v) is 2.41. The maximum absolute atomic E-state index is 11.2. The minimum atomic E-state index is -0.131. The molecule has 64 valence electrons. The van der Waals surface area contributed by atoms with Crippen molar-refractivity contribution in [1.29, 1.82) is 0 Å². The SMILES string of the molecule is COCC(=O)c1cccc(O)c1. The molecule has 0 saturated heterocycles. The molecule has 0 fully saturated rings. The highest BCUT2D eigenvalue weighted by Crippen LogP contribution is 2.11. The molecule has 3 heteroatoms. The maximum Gasteiger partial charge on any atom is 0.188 e. The summed E-state index contributed by atoms with van der Waals surface area (Å²) >= 11 is 0. The van der Waals surface area contributed by atoms with Crippen LogP contribution >= 0.6 is 0 Å². The van der Waals surface area contributed by atoms with E-state index in [1.54, 1.807) is 12.1 Å². The number of Topliss-reactive ketones (excluding diaryl/α,β-unsaturated/α-hetero) is 1. The first kappa shape index (κ1) is 8.74. The van der Waals surface area contributed by atoms with E-state index >= 15 is 0 Å². The molecule has 0 aliphatic rings. The van der Waals surface area contributed by atoms with Crippen LogP contribution in [-0.4, -0.2) is 24.6 Å². The zero-order valence-electron chi connectivity index (χ0n) is 6.78. The van der Waals surface area contributed by atoms with Gasteiger partial charge in [-0.05, 0) is 12.1 Å². The van der Waals surface area contributed by atoms with E-state index < -0.39 is 0 Å². The van der Waals surface area contributed by atoms with E-state index in [1.807, 2.05) is 0 Å². The van der Waals surface area contributed by atoms with E-state index in [4.69, 9.17) is 5.11 Å². The van der Waals surface area contributed by atoms with Gasteiger partial charge >= 0.3 is 0 Å². The van der Waals surface area contributed by atoms with Gasteiger partial charge in [-0.3, -0.25) is 4.79 Å². The van der Waals surface area contributed by atoms with Crippen LogP contribution in [0, 0.1) is 0 Å². The lowest BCUT2D eigenvalue weighted by atomic mass is 10.1. The molecule has 0 unspecified atom stereocenters. The van der Waals surface area contributed by atoms with Crippen LogP contribution in [-0.2, 0) is 4.74 Å². The molecule has 0 aliphatic carbocycles. The number of rotatable bonds is 3. The van der Waals surface area contributed by atoms with E-state index in [2.05, 4.69) is 4.74 Å². The molecule has 1 aromatic rings. The fourth-order valence-electron chi connectivity index (χ4n) is 0.894. The fraction of sp³-hybridized carbons (Fsp3) is 0.222. The number of benzene rings is 1. The minimum absolute atomic E-state index is 0.0451. The number of methoxy groups -OCH3 is 1. The second kappa shape index (κ2) is 3.88. The normalized spacial score (nSPS) is 9.75. The van der Waals surface area contributed by atoms with Gasteiger partial charge in [-0.1, -0.05) is 12.1 Å². The number of phenols is 1. The maximum atomic E-state index is 11.2. The van der Waals surface area contributed by atoms with Crippen LogP contribution in [0.5, 0.6) is 5.75 Å². The third-order valence-corrected chi connectivity index (χ3v) is 1.44. The van der Waals surface area contributed by atoms with Crippen LogP contribution in [0.25, 0.3) is 0 Å². The first-order valence-electron chi connectivity index (χ1n) is 3.55. The lowest BCUT2D eigenvalue weighted by molar-refractivity contribution is 0.0847. The molecule has 12 heavy (non-hydrogen) atoms. The van der Waals surface area contributed by atoms with Crippen molar-refractivity contribution in [3.8, 4) is 5.75 Å². The van der Waals surface area contributed by atoms with Crippen molar-refractivity contribution in [2.75, 3.05) is 13.7 Å². The average Bonchev–Trinajstić information content (AvgIpc) is 2.05. The Morgan fingerprint density at radius 1 is 1.58 bits per heavy atom. The van der Waals surface area contributed by atoms with Crippen LogP contribution in [0.3, 0.4) is 0 Å². The number of phenolic OH excluding ortho intramolecular Hbond substituents is 1. The molecule has 0 saturated carbocycles. The summed E-state index contributed by atoms with van der Waals surface area (Å²) in [5.74, 6) is -0.0367. The lowest BCUT2D eigenvalue weighted by Crippen LogP contribution is -2.06. The first-order chi connectivity index (χ1) is 5.74. The Morgan fingerprint density at radius 3 is 2.92 bits per heavy atom. The predicted molar refractivity (Wildman–Crippen MR) is 44.3 cm³/mol. The summed E-state index contributed by atoms with van der Waals surface area (Å²) in [5.41, 5.74) is 0.469. The summed E-state index contributed by atoms with van der Waals surface area (Å²) in [6.07, 6.45) is 0. The smallest absolute Gasteiger partial charge is 0.188 e. The summed E-state index contributed by atoms with van der Waals surface area (Å²) in [6.45, 7) is 0.0451. The molecule has 1 aromatic carbocycles. The summed E-state index contributed by atoms with van der Waals surface area (Å²) in [5, 5.41) is 9.04. The van der Waals surface area contributed by atoms with Gasteiger partial charge in [0.05, 0.1) is 0 Å². The van der Waals surface area contributed by atoms with Gasteiger partial charge in [-0.2, -0.15) is 0 Å². The van der Waals surface area contributed by atoms with Gasteiger partial charge in [0.2, 0.25) is 0 Å². The molecule has 0 aliphatic heterocycles. The molecule has 0 heterocycles. The molecule has 1 N–H and O–H groups in total. The Balaban J connectivity index is 2.81. The van der Waals surface area contributed by atoms with Gasteiger partial charge in [0.15, 0.2) is 5.78 Å². The molecule has 1 rings (SSSR count). The molecule has 0 amide bonds. The number of ether oxygens (including phenoxy) is 1. The largest absolute Gasteiger partial charge is 0.508 e. The Bertz CT molecular complexity index is 281. The molecule has 0 radical (unpaired) electrons. The molecule has 0 aromatic heterocycles. The molecule has 0 atom stereocenters. The third kappa shape index (κ3) is 2.07. The molecular formula is C9H10O3. The van der Waals surface area contributed by atoms with Crippen molar-refractivity contribution in [2.24, 2.45) is 0 Å². The number of hydrogen-bond donors (Lipinski definition) is 1. The van der Waals surface area contributed by atoms with Crippen LogP contribution < -0.4 is 0 Å². The van der Waals surface area contributed by atoms with E-state index in [1.165, 1.54) is 19.2 Å². The van der Waals surface area contributed by atoms with Crippen LogP contribution in [0.1, 0.15) is 10.4 Å². The monoisotopic (exact) mass is 166 g/mol. The van der Waals surface area contributed by atoms with Crippen LogP contribution in [0.2, 0.25) is 0 Å². The second-order valence-electron chi connectivity index (χ2n) is 2.41. The summed E-state index contributed by atoms with van der Waals surface area (Å²) in [7, 11) is 1.46. The number of hydrogen-bond acceptors (Lipinski definition) is 3. The zero-order chi connectivity index (χ0) is 8.97. The third-order valence-electron chi connectivity index (χ3n) is 1.44.